The van der Waals surface area contributed by atoms with Crippen molar-refractivity contribution in [2.24, 2.45) is 0 Å². The molecule has 3 N–H and O–H groups in total. The van der Waals surface area contributed by atoms with Crippen molar-refractivity contribution in [1.82, 2.24) is 4.98 Å². The number of H-pyrrole nitrogens is 1. The van der Waals surface area contributed by atoms with Crippen LogP contribution in [0.2, 0.25) is 0 Å². The Balaban J connectivity index is 2.03. The zero-order chi connectivity index (χ0) is 23.7. The molecule has 0 spiro atoms. The predicted molar refractivity (Wildman–Crippen MR) is 114 cm³/mol. The molecule has 0 atom stereocenters. The van der Waals surface area contributed by atoms with Crippen LogP contribution in [0.4, 0.5) is 18.9 Å². The third-order valence-corrected chi connectivity index (χ3v) is 6.09. The number of carbonyl (C=O) groups is 1. The molecule has 3 aromatic rings. The second-order valence-electron chi connectivity index (χ2n) is 7.25. The molecule has 0 saturated heterocycles. The molecule has 0 fully saturated rings. The van der Waals surface area contributed by atoms with Gasteiger partial charge < -0.3 is 15.4 Å². The Kier molecular flexibility index (Phi) is 6.47. The van der Waals surface area contributed by atoms with Gasteiger partial charge >= 0.3 is 6.18 Å². The summed E-state index contributed by atoms with van der Waals surface area (Å²) < 4.78 is 63.7. The summed E-state index contributed by atoms with van der Waals surface area (Å²) in [6.07, 6.45) is -3.49. The van der Waals surface area contributed by atoms with Crippen LogP contribution in [0.15, 0.2) is 53.4 Å². The van der Waals surface area contributed by atoms with Crippen LogP contribution in [0.5, 0.6) is 0 Å². The zero-order valence-electron chi connectivity index (χ0n) is 17.2. The zero-order valence-corrected chi connectivity index (χ0v) is 18.1. The monoisotopic (exact) mass is 466 g/mol. The third-order valence-electron chi connectivity index (χ3n) is 4.96. The number of amides is 1. The lowest BCUT2D eigenvalue weighted by Gasteiger charge is -2.12. The van der Waals surface area contributed by atoms with Crippen LogP contribution in [-0.2, 0) is 22.4 Å². The summed E-state index contributed by atoms with van der Waals surface area (Å²) >= 11 is 0. The van der Waals surface area contributed by atoms with E-state index in [1.807, 2.05) is 0 Å². The van der Waals surface area contributed by atoms with Crippen molar-refractivity contribution >= 4 is 21.4 Å². The smallest absolute Gasteiger partial charge is 0.396 e. The van der Waals surface area contributed by atoms with Crippen LogP contribution in [0, 0.1) is 6.92 Å². The summed E-state index contributed by atoms with van der Waals surface area (Å²) in [7, 11) is -3.40. The SMILES string of the molecule is Cc1c(-c2ccccc2C(F)(F)F)[nH]c(CCO)c1C(=O)Nc1ccc(S(C)(=O)=O)cc1. The first-order valence-electron chi connectivity index (χ1n) is 9.54. The van der Waals surface area contributed by atoms with Gasteiger partial charge in [-0.05, 0) is 42.8 Å². The van der Waals surface area contributed by atoms with Crippen LogP contribution in [0.1, 0.15) is 27.2 Å². The van der Waals surface area contributed by atoms with E-state index in [0.29, 0.717) is 16.9 Å². The van der Waals surface area contributed by atoms with Gasteiger partial charge in [0.05, 0.1) is 16.0 Å². The Morgan fingerprint density at radius 3 is 2.28 bits per heavy atom. The molecule has 10 heteroatoms. The van der Waals surface area contributed by atoms with Crippen molar-refractivity contribution < 1.29 is 31.5 Å². The Morgan fingerprint density at radius 1 is 1.09 bits per heavy atom. The van der Waals surface area contributed by atoms with E-state index >= 15 is 0 Å². The molecule has 1 aromatic heterocycles. The van der Waals surface area contributed by atoms with Crippen molar-refractivity contribution in [1.29, 1.82) is 0 Å². The van der Waals surface area contributed by atoms with Crippen molar-refractivity contribution in [3.05, 3.63) is 70.9 Å². The average molecular weight is 466 g/mol. The van der Waals surface area contributed by atoms with Crippen molar-refractivity contribution in [2.75, 3.05) is 18.2 Å². The Bertz CT molecular complexity index is 1250. The number of aliphatic hydroxyl groups excluding tert-OH is 1. The maximum absolute atomic E-state index is 13.5. The van der Waals surface area contributed by atoms with E-state index in [4.69, 9.17) is 0 Å². The highest BCUT2D eigenvalue weighted by Crippen LogP contribution is 2.39. The first-order chi connectivity index (χ1) is 14.9. The lowest BCUT2D eigenvalue weighted by molar-refractivity contribution is -0.137. The van der Waals surface area contributed by atoms with E-state index in [-0.39, 0.29) is 34.7 Å². The minimum Gasteiger partial charge on any atom is -0.396 e. The van der Waals surface area contributed by atoms with Crippen LogP contribution >= 0.6 is 0 Å². The second kappa shape index (κ2) is 8.79. The van der Waals surface area contributed by atoms with Crippen LogP contribution in [-0.4, -0.2) is 37.3 Å². The van der Waals surface area contributed by atoms with Gasteiger partial charge in [0.25, 0.3) is 5.91 Å². The maximum atomic E-state index is 13.5. The standard InChI is InChI=1S/C22H21F3N2O4S/c1-13-19(21(29)26-14-7-9-15(10-8-14)32(2,30)31)18(11-12-28)27-20(13)16-5-3-4-6-17(16)22(23,24)25/h3-10,27-28H,11-12H2,1-2H3,(H,26,29). The van der Waals surface area contributed by atoms with Crippen molar-refractivity contribution in [3.8, 4) is 11.3 Å². The van der Waals surface area contributed by atoms with Crippen molar-refractivity contribution in [2.45, 2.75) is 24.4 Å². The molecule has 0 radical (unpaired) electrons. The fourth-order valence-electron chi connectivity index (χ4n) is 3.46. The van der Waals surface area contributed by atoms with Crippen LogP contribution in [0.3, 0.4) is 0 Å². The number of aromatic amines is 1. The average Bonchev–Trinajstić information content (AvgIpc) is 3.03. The molecular formula is C22H21F3N2O4S. The van der Waals surface area contributed by atoms with E-state index in [9.17, 15) is 31.5 Å². The largest absolute Gasteiger partial charge is 0.417 e. The first-order valence-corrected chi connectivity index (χ1v) is 11.4. The number of benzene rings is 2. The number of aromatic nitrogens is 1. The normalized spacial score (nSPS) is 12.1. The maximum Gasteiger partial charge on any atom is 0.417 e. The van der Waals surface area contributed by atoms with E-state index in [1.54, 1.807) is 0 Å². The Morgan fingerprint density at radius 2 is 1.72 bits per heavy atom. The Hall–Kier alpha value is -3.11. The molecule has 32 heavy (non-hydrogen) atoms. The summed E-state index contributed by atoms with van der Waals surface area (Å²) in [6.45, 7) is 1.21. The number of halogens is 3. The molecule has 170 valence electrons. The van der Waals surface area contributed by atoms with Gasteiger partial charge in [0.2, 0.25) is 0 Å². The van der Waals surface area contributed by atoms with Gasteiger partial charge in [-0.1, -0.05) is 18.2 Å². The van der Waals surface area contributed by atoms with Gasteiger partial charge in [0.1, 0.15) is 0 Å². The number of carbonyl (C=O) groups excluding carboxylic acids is 1. The fourth-order valence-corrected chi connectivity index (χ4v) is 4.09. The van der Waals surface area contributed by atoms with Crippen LogP contribution in [0.25, 0.3) is 11.3 Å². The van der Waals surface area contributed by atoms with Gasteiger partial charge in [0.15, 0.2) is 9.84 Å². The molecule has 6 nitrogen and oxygen atoms in total. The van der Waals surface area contributed by atoms with Gasteiger partial charge in [0, 0.05) is 41.9 Å². The summed E-state index contributed by atoms with van der Waals surface area (Å²) in [5, 5.41) is 12.0. The van der Waals surface area contributed by atoms with Gasteiger partial charge in [-0.2, -0.15) is 13.2 Å². The lowest BCUT2D eigenvalue weighted by Crippen LogP contribution is -2.15. The molecule has 0 unspecified atom stereocenters. The fraction of sp³-hybridized carbons (Fsp3) is 0.227. The molecule has 3 rings (SSSR count). The number of aliphatic hydroxyl groups is 1. The molecule has 0 aliphatic carbocycles. The molecule has 2 aromatic carbocycles. The number of rotatable bonds is 6. The highest BCUT2D eigenvalue weighted by Gasteiger charge is 2.34. The summed E-state index contributed by atoms with van der Waals surface area (Å²) in [4.78, 5) is 15.9. The highest BCUT2D eigenvalue weighted by atomic mass is 32.2. The summed E-state index contributed by atoms with van der Waals surface area (Å²) in [6, 6.07) is 10.6. The predicted octanol–water partition coefficient (Wildman–Crippen LogP) is 4.20. The lowest BCUT2D eigenvalue weighted by atomic mass is 9.99. The quantitative estimate of drug-likeness (QED) is 0.507. The van der Waals surface area contributed by atoms with Gasteiger partial charge in [-0.3, -0.25) is 4.79 Å². The highest BCUT2D eigenvalue weighted by molar-refractivity contribution is 7.90. The second-order valence-corrected chi connectivity index (χ2v) is 9.26. The van der Waals surface area contributed by atoms with Crippen molar-refractivity contribution in [3.63, 3.8) is 0 Å². The minimum absolute atomic E-state index is 0.0325. The number of hydrogen-bond acceptors (Lipinski definition) is 4. The Labute approximate surface area is 183 Å². The number of sulfone groups is 1. The third kappa shape index (κ3) is 4.86. The number of alkyl halides is 3. The molecule has 0 aliphatic rings. The number of anilines is 1. The van der Waals surface area contributed by atoms with E-state index in [2.05, 4.69) is 10.3 Å². The molecule has 0 aliphatic heterocycles. The van der Waals surface area contributed by atoms with Gasteiger partial charge in [-0.25, -0.2) is 8.42 Å². The molecule has 0 bridgehead atoms. The molecule has 1 heterocycles. The summed E-state index contributed by atoms with van der Waals surface area (Å²) in [5.74, 6) is -0.593. The number of hydrogen-bond donors (Lipinski definition) is 3. The van der Waals surface area contributed by atoms with Crippen LogP contribution < -0.4 is 5.32 Å². The topological polar surface area (TPSA) is 99.3 Å². The summed E-state index contributed by atoms with van der Waals surface area (Å²) in [5.41, 5.74) is 0.224. The van der Waals surface area contributed by atoms with E-state index < -0.39 is 27.5 Å². The molecule has 0 saturated carbocycles. The van der Waals surface area contributed by atoms with E-state index in [1.165, 1.54) is 49.4 Å². The number of nitrogens with one attached hydrogen (secondary N) is 2. The minimum atomic E-state index is -4.59. The molecule has 1 amide bonds. The molecular weight excluding hydrogens is 445 g/mol. The van der Waals surface area contributed by atoms with Gasteiger partial charge in [-0.15, -0.1) is 0 Å². The first kappa shape index (κ1) is 23.6. The van der Waals surface area contributed by atoms with E-state index in [0.717, 1.165) is 12.3 Å².